The van der Waals surface area contributed by atoms with E-state index < -0.39 is 0 Å². The molecule has 0 aromatic heterocycles. The van der Waals surface area contributed by atoms with E-state index in [1.165, 1.54) is 25.9 Å². The quantitative estimate of drug-likeness (QED) is 0.860. The number of piperidine rings is 1. The van der Waals surface area contributed by atoms with Crippen molar-refractivity contribution < 1.29 is 14.6 Å². The van der Waals surface area contributed by atoms with Crippen LogP contribution in [0.25, 0.3) is 0 Å². The minimum Gasteiger partial charge on any atom is -0.508 e. The number of nitrogens with zero attached hydrogens (tertiary/aromatic N) is 2. The maximum Gasteiger partial charge on any atom is 0.229 e. The molecule has 1 aromatic rings. The molecule has 2 heterocycles. The molecule has 2 aliphatic heterocycles. The Morgan fingerprint density at radius 3 is 2.64 bits per heavy atom. The van der Waals surface area contributed by atoms with Gasteiger partial charge in [-0.15, -0.1) is 0 Å². The van der Waals surface area contributed by atoms with Crippen LogP contribution in [0, 0.1) is 0 Å². The largest absolute Gasteiger partial charge is 0.508 e. The molecule has 138 valence electrons. The van der Waals surface area contributed by atoms with Crippen LogP contribution in [0.15, 0.2) is 24.3 Å². The first-order valence-corrected chi connectivity index (χ1v) is 9.55. The Balaban J connectivity index is 1.41. The first-order valence-electron chi connectivity index (χ1n) is 9.55. The summed E-state index contributed by atoms with van der Waals surface area (Å²) in [7, 11) is 0. The van der Waals surface area contributed by atoms with Gasteiger partial charge < -0.3 is 19.6 Å². The molecule has 2 fully saturated rings. The lowest BCUT2D eigenvalue weighted by Crippen LogP contribution is -2.43. The van der Waals surface area contributed by atoms with E-state index in [-0.39, 0.29) is 23.7 Å². The number of hydrogen-bond acceptors (Lipinski definition) is 4. The van der Waals surface area contributed by atoms with Crippen molar-refractivity contribution in [2.24, 2.45) is 0 Å². The summed E-state index contributed by atoms with van der Waals surface area (Å²) in [5, 5.41) is 9.60. The number of carbonyl (C=O) groups excluding carboxylic acids is 1. The van der Waals surface area contributed by atoms with Crippen LogP contribution in [0.4, 0.5) is 0 Å². The first kappa shape index (κ1) is 18.2. The maximum absolute atomic E-state index is 12.7. The van der Waals surface area contributed by atoms with Crippen LogP contribution in [0.3, 0.4) is 0 Å². The van der Waals surface area contributed by atoms with Crippen LogP contribution in [0.1, 0.15) is 44.1 Å². The van der Waals surface area contributed by atoms with E-state index >= 15 is 0 Å². The SMILES string of the molecule is CC(C(=O)N1CCC(OCCN2CCCC2)CC1)c1cccc(O)c1. The van der Waals surface area contributed by atoms with Gasteiger partial charge in [0.25, 0.3) is 0 Å². The summed E-state index contributed by atoms with van der Waals surface area (Å²) < 4.78 is 6.02. The van der Waals surface area contributed by atoms with Crippen LogP contribution in [0.2, 0.25) is 0 Å². The molecule has 0 aliphatic carbocycles. The minimum atomic E-state index is -0.222. The van der Waals surface area contributed by atoms with Gasteiger partial charge in [0.2, 0.25) is 5.91 Å². The summed E-state index contributed by atoms with van der Waals surface area (Å²) in [6, 6.07) is 6.99. The van der Waals surface area contributed by atoms with Crippen LogP contribution in [-0.4, -0.2) is 66.2 Å². The molecule has 2 saturated heterocycles. The van der Waals surface area contributed by atoms with Gasteiger partial charge in [-0.1, -0.05) is 12.1 Å². The van der Waals surface area contributed by atoms with E-state index in [4.69, 9.17) is 4.74 Å². The predicted molar refractivity (Wildman–Crippen MR) is 97.7 cm³/mol. The minimum absolute atomic E-state index is 0.140. The highest BCUT2D eigenvalue weighted by Crippen LogP contribution is 2.24. The summed E-state index contributed by atoms with van der Waals surface area (Å²) in [6.45, 7) is 7.70. The number of benzene rings is 1. The Hall–Kier alpha value is -1.59. The summed E-state index contributed by atoms with van der Waals surface area (Å²) >= 11 is 0. The number of rotatable bonds is 6. The topological polar surface area (TPSA) is 53.0 Å². The molecular formula is C20H30N2O3. The lowest BCUT2D eigenvalue weighted by Gasteiger charge is -2.34. The highest BCUT2D eigenvalue weighted by atomic mass is 16.5. The molecule has 0 radical (unpaired) electrons. The van der Waals surface area contributed by atoms with Crippen molar-refractivity contribution in [1.29, 1.82) is 0 Å². The number of likely N-dealkylation sites (tertiary alicyclic amines) is 2. The average molecular weight is 346 g/mol. The molecule has 5 nitrogen and oxygen atoms in total. The van der Waals surface area contributed by atoms with E-state index in [1.807, 2.05) is 17.9 Å². The van der Waals surface area contributed by atoms with Crippen molar-refractivity contribution in [1.82, 2.24) is 9.80 Å². The van der Waals surface area contributed by atoms with Gasteiger partial charge in [0, 0.05) is 19.6 Å². The molecule has 0 saturated carbocycles. The van der Waals surface area contributed by atoms with Gasteiger partial charge in [0.05, 0.1) is 18.6 Å². The fraction of sp³-hybridized carbons (Fsp3) is 0.650. The Bertz CT molecular complexity index is 564. The van der Waals surface area contributed by atoms with Crippen molar-refractivity contribution >= 4 is 5.91 Å². The molecule has 0 bridgehead atoms. The normalized spacial score (nSPS) is 20.8. The molecule has 25 heavy (non-hydrogen) atoms. The lowest BCUT2D eigenvalue weighted by molar-refractivity contribution is -0.135. The Kier molecular flexibility index (Phi) is 6.32. The van der Waals surface area contributed by atoms with E-state index in [2.05, 4.69) is 4.90 Å². The summed E-state index contributed by atoms with van der Waals surface area (Å²) in [5.74, 6) is 0.128. The first-order chi connectivity index (χ1) is 12.1. The maximum atomic E-state index is 12.7. The Labute approximate surface area is 150 Å². The number of aromatic hydroxyl groups is 1. The summed E-state index contributed by atoms with van der Waals surface area (Å²) in [5.41, 5.74) is 0.869. The van der Waals surface area contributed by atoms with Crippen molar-refractivity contribution in [3.05, 3.63) is 29.8 Å². The molecule has 3 rings (SSSR count). The number of amides is 1. The molecule has 1 amide bonds. The molecule has 0 spiro atoms. The van der Waals surface area contributed by atoms with Gasteiger partial charge in [0.15, 0.2) is 0 Å². The number of hydrogen-bond donors (Lipinski definition) is 1. The van der Waals surface area contributed by atoms with Crippen molar-refractivity contribution in [3.8, 4) is 5.75 Å². The van der Waals surface area contributed by atoms with Crippen LogP contribution in [-0.2, 0) is 9.53 Å². The Morgan fingerprint density at radius 1 is 1.24 bits per heavy atom. The zero-order valence-electron chi connectivity index (χ0n) is 15.2. The number of carbonyl (C=O) groups is 1. The fourth-order valence-corrected chi connectivity index (χ4v) is 3.81. The predicted octanol–water partition coefficient (Wildman–Crippen LogP) is 2.60. The molecule has 1 unspecified atom stereocenters. The number of phenols is 1. The zero-order chi connectivity index (χ0) is 17.6. The Morgan fingerprint density at radius 2 is 1.96 bits per heavy atom. The van der Waals surface area contributed by atoms with Gasteiger partial charge in [-0.2, -0.15) is 0 Å². The zero-order valence-corrected chi connectivity index (χ0v) is 15.2. The van der Waals surface area contributed by atoms with Gasteiger partial charge >= 0.3 is 0 Å². The smallest absolute Gasteiger partial charge is 0.229 e. The second-order valence-corrected chi connectivity index (χ2v) is 7.26. The van der Waals surface area contributed by atoms with Crippen molar-refractivity contribution in [3.63, 3.8) is 0 Å². The van der Waals surface area contributed by atoms with E-state index in [0.717, 1.165) is 44.6 Å². The van der Waals surface area contributed by atoms with Gasteiger partial charge in [0.1, 0.15) is 5.75 Å². The second kappa shape index (κ2) is 8.68. The highest BCUT2D eigenvalue weighted by Gasteiger charge is 2.27. The average Bonchev–Trinajstić information content (AvgIpc) is 3.14. The van der Waals surface area contributed by atoms with E-state index in [9.17, 15) is 9.90 Å². The van der Waals surface area contributed by atoms with Gasteiger partial charge in [-0.05, 0) is 63.4 Å². The standard InChI is InChI=1S/C20H30N2O3/c1-16(17-5-4-6-18(23)15-17)20(24)22-11-7-19(8-12-22)25-14-13-21-9-2-3-10-21/h4-6,15-16,19,23H,2-3,7-14H2,1H3. The molecule has 1 atom stereocenters. The summed E-state index contributed by atoms with van der Waals surface area (Å²) in [4.78, 5) is 17.1. The van der Waals surface area contributed by atoms with Gasteiger partial charge in [-0.3, -0.25) is 4.79 Å². The van der Waals surface area contributed by atoms with Crippen LogP contribution < -0.4 is 0 Å². The van der Waals surface area contributed by atoms with Crippen LogP contribution >= 0.6 is 0 Å². The number of phenolic OH excluding ortho intramolecular Hbond substituents is 1. The highest BCUT2D eigenvalue weighted by molar-refractivity contribution is 5.83. The third-order valence-corrected chi connectivity index (χ3v) is 5.45. The third-order valence-electron chi connectivity index (χ3n) is 5.45. The monoisotopic (exact) mass is 346 g/mol. The molecule has 5 heteroatoms. The molecule has 2 aliphatic rings. The molecule has 1 aromatic carbocycles. The summed E-state index contributed by atoms with van der Waals surface area (Å²) in [6.07, 6.45) is 4.75. The van der Waals surface area contributed by atoms with Crippen molar-refractivity contribution in [2.45, 2.75) is 44.6 Å². The molecular weight excluding hydrogens is 316 g/mol. The third kappa shape index (κ3) is 4.95. The molecule has 1 N–H and O–H groups in total. The number of ether oxygens (including phenoxy) is 1. The van der Waals surface area contributed by atoms with E-state index in [0.29, 0.717) is 0 Å². The fourth-order valence-electron chi connectivity index (χ4n) is 3.81. The van der Waals surface area contributed by atoms with Crippen molar-refractivity contribution in [2.75, 3.05) is 39.3 Å². The van der Waals surface area contributed by atoms with Crippen LogP contribution in [0.5, 0.6) is 5.75 Å². The van der Waals surface area contributed by atoms with Gasteiger partial charge in [-0.25, -0.2) is 0 Å². The van der Waals surface area contributed by atoms with E-state index in [1.54, 1.807) is 18.2 Å². The second-order valence-electron chi connectivity index (χ2n) is 7.26. The lowest BCUT2D eigenvalue weighted by atomic mass is 9.97.